The zero-order chi connectivity index (χ0) is 17.8. The van der Waals surface area contributed by atoms with Gasteiger partial charge in [-0.3, -0.25) is 9.59 Å². The Hall–Kier alpha value is -2.82. The Bertz CT molecular complexity index is 801. The fraction of sp³-hybridized carbons (Fsp3) is 0.300. The second kappa shape index (κ2) is 7.38. The Kier molecular flexibility index (Phi) is 5.03. The van der Waals surface area contributed by atoms with Gasteiger partial charge in [-0.2, -0.15) is 0 Å². The number of aryl methyl sites for hydroxylation is 1. The molecule has 0 bridgehead atoms. The predicted octanol–water partition coefficient (Wildman–Crippen LogP) is 3.06. The summed E-state index contributed by atoms with van der Waals surface area (Å²) in [6.45, 7) is 5.10. The Labute approximate surface area is 147 Å². The van der Waals surface area contributed by atoms with Crippen LogP contribution in [-0.4, -0.2) is 25.0 Å². The molecule has 25 heavy (non-hydrogen) atoms. The third kappa shape index (κ3) is 3.82. The number of nitrogens with one attached hydrogen (secondary N) is 1. The van der Waals surface area contributed by atoms with Crippen molar-refractivity contribution in [3.05, 3.63) is 59.2 Å². The highest BCUT2D eigenvalue weighted by molar-refractivity contribution is 5.98. The Morgan fingerprint density at radius 2 is 2.08 bits per heavy atom. The average Bonchev–Trinajstić information content (AvgIpc) is 2.62. The average molecular weight is 338 g/mol. The Balaban J connectivity index is 1.83. The largest absolute Gasteiger partial charge is 0.482 e. The highest BCUT2D eigenvalue weighted by Crippen LogP contribution is 2.33. The predicted molar refractivity (Wildman–Crippen MR) is 96.9 cm³/mol. The smallest absolute Gasteiger partial charge is 0.265 e. The van der Waals surface area contributed by atoms with E-state index in [0.717, 1.165) is 29.0 Å². The first kappa shape index (κ1) is 17.0. The van der Waals surface area contributed by atoms with Crippen molar-refractivity contribution in [2.24, 2.45) is 0 Å². The molecule has 5 nitrogen and oxygen atoms in total. The molecule has 2 aromatic rings. The minimum Gasteiger partial charge on any atom is -0.482 e. The first-order chi connectivity index (χ1) is 12.1. The summed E-state index contributed by atoms with van der Waals surface area (Å²) >= 11 is 0. The number of carbonyl (C=O) groups is 2. The number of hydrogen-bond acceptors (Lipinski definition) is 3. The number of anilines is 1. The zero-order valence-electron chi connectivity index (χ0n) is 14.5. The van der Waals surface area contributed by atoms with Gasteiger partial charge in [0.15, 0.2) is 6.61 Å². The maximum atomic E-state index is 12.3. The molecule has 1 aliphatic heterocycles. The van der Waals surface area contributed by atoms with Gasteiger partial charge in [0.2, 0.25) is 0 Å². The molecule has 0 aromatic heterocycles. The molecule has 0 aliphatic carbocycles. The van der Waals surface area contributed by atoms with Crippen molar-refractivity contribution in [3.8, 4) is 5.75 Å². The summed E-state index contributed by atoms with van der Waals surface area (Å²) in [4.78, 5) is 26.2. The quantitative estimate of drug-likeness (QED) is 0.911. The maximum absolute atomic E-state index is 12.3. The second-order valence-electron chi connectivity index (χ2n) is 6.20. The summed E-state index contributed by atoms with van der Waals surface area (Å²) in [6.07, 6.45) is 0.893. The van der Waals surface area contributed by atoms with Crippen LogP contribution in [0.3, 0.4) is 0 Å². The van der Waals surface area contributed by atoms with Crippen molar-refractivity contribution in [2.75, 3.05) is 18.1 Å². The Morgan fingerprint density at radius 3 is 2.88 bits per heavy atom. The highest BCUT2D eigenvalue weighted by atomic mass is 16.5. The van der Waals surface area contributed by atoms with E-state index in [9.17, 15) is 9.59 Å². The number of benzene rings is 2. The standard InChI is InChI=1S/C20H22N2O3/c1-3-9-21-20(24)16-6-4-5-15(11-16)12-22-17-8-7-14(2)10-18(17)25-13-19(22)23/h4-8,10-11H,3,9,12-13H2,1-2H3,(H,21,24). The first-order valence-corrected chi connectivity index (χ1v) is 8.49. The molecule has 130 valence electrons. The van der Waals surface area contributed by atoms with E-state index in [1.165, 1.54) is 0 Å². The van der Waals surface area contributed by atoms with E-state index in [1.807, 2.05) is 50.2 Å². The molecule has 0 spiro atoms. The molecular weight excluding hydrogens is 316 g/mol. The third-order valence-electron chi connectivity index (χ3n) is 4.12. The summed E-state index contributed by atoms with van der Waals surface area (Å²) < 4.78 is 5.54. The van der Waals surface area contributed by atoms with Gasteiger partial charge in [-0.15, -0.1) is 0 Å². The molecule has 5 heteroatoms. The molecule has 3 rings (SSSR count). The van der Waals surface area contributed by atoms with Crippen LogP contribution in [0.15, 0.2) is 42.5 Å². The number of fused-ring (bicyclic) bond motifs is 1. The molecule has 2 amide bonds. The lowest BCUT2D eigenvalue weighted by atomic mass is 10.1. The summed E-state index contributed by atoms with van der Waals surface area (Å²) in [7, 11) is 0. The lowest BCUT2D eigenvalue weighted by Gasteiger charge is -2.29. The van der Waals surface area contributed by atoms with Crippen LogP contribution in [0.1, 0.15) is 34.8 Å². The van der Waals surface area contributed by atoms with E-state index in [2.05, 4.69) is 5.32 Å². The van der Waals surface area contributed by atoms with Crippen LogP contribution in [-0.2, 0) is 11.3 Å². The highest BCUT2D eigenvalue weighted by Gasteiger charge is 2.25. The number of hydrogen-bond donors (Lipinski definition) is 1. The number of carbonyl (C=O) groups excluding carboxylic acids is 2. The number of nitrogens with zero attached hydrogens (tertiary/aromatic N) is 1. The van der Waals surface area contributed by atoms with Crippen molar-refractivity contribution in [3.63, 3.8) is 0 Å². The molecule has 0 unspecified atom stereocenters. The van der Waals surface area contributed by atoms with Crippen LogP contribution in [0.25, 0.3) is 0 Å². The molecular formula is C20H22N2O3. The van der Waals surface area contributed by atoms with Crippen LogP contribution >= 0.6 is 0 Å². The zero-order valence-corrected chi connectivity index (χ0v) is 14.5. The normalized spacial score (nSPS) is 13.2. The van der Waals surface area contributed by atoms with Crippen LogP contribution in [0, 0.1) is 6.92 Å². The maximum Gasteiger partial charge on any atom is 0.265 e. The van der Waals surface area contributed by atoms with E-state index < -0.39 is 0 Å². The van der Waals surface area contributed by atoms with Gasteiger partial charge in [-0.1, -0.05) is 25.1 Å². The summed E-state index contributed by atoms with van der Waals surface area (Å²) in [5, 5.41) is 2.87. The van der Waals surface area contributed by atoms with Crippen LogP contribution < -0.4 is 15.0 Å². The molecule has 1 heterocycles. The van der Waals surface area contributed by atoms with Crippen molar-refractivity contribution in [1.82, 2.24) is 5.32 Å². The molecule has 1 aliphatic rings. The van der Waals surface area contributed by atoms with E-state index in [4.69, 9.17) is 4.74 Å². The number of amides is 2. The van der Waals surface area contributed by atoms with Gasteiger partial charge in [-0.05, 0) is 48.7 Å². The van der Waals surface area contributed by atoms with Gasteiger partial charge < -0.3 is 15.0 Å². The minimum atomic E-state index is -0.0898. The van der Waals surface area contributed by atoms with Crippen LogP contribution in [0.4, 0.5) is 5.69 Å². The molecule has 1 N–H and O–H groups in total. The SMILES string of the molecule is CCCNC(=O)c1cccc(CN2C(=O)COc3cc(C)ccc32)c1. The summed E-state index contributed by atoms with van der Waals surface area (Å²) in [5.41, 5.74) is 3.37. The van der Waals surface area contributed by atoms with Crippen molar-refractivity contribution in [1.29, 1.82) is 0 Å². The van der Waals surface area contributed by atoms with E-state index in [0.29, 0.717) is 18.7 Å². The first-order valence-electron chi connectivity index (χ1n) is 8.49. The van der Waals surface area contributed by atoms with Crippen LogP contribution in [0.5, 0.6) is 5.75 Å². The second-order valence-corrected chi connectivity index (χ2v) is 6.20. The van der Waals surface area contributed by atoms with Crippen LogP contribution in [0.2, 0.25) is 0 Å². The van der Waals surface area contributed by atoms with Gasteiger partial charge in [0, 0.05) is 12.1 Å². The Morgan fingerprint density at radius 1 is 1.24 bits per heavy atom. The molecule has 0 radical (unpaired) electrons. The number of ether oxygens (including phenoxy) is 1. The molecule has 0 saturated heterocycles. The topological polar surface area (TPSA) is 58.6 Å². The third-order valence-corrected chi connectivity index (χ3v) is 4.12. The monoisotopic (exact) mass is 338 g/mol. The minimum absolute atomic E-state index is 0.0349. The van der Waals surface area contributed by atoms with Crippen molar-refractivity contribution >= 4 is 17.5 Å². The van der Waals surface area contributed by atoms with Crippen molar-refractivity contribution in [2.45, 2.75) is 26.8 Å². The summed E-state index contributed by atoms with van der Waals surface area (Å²) in [6, 6.07) is 13.2. The molecule has 0 atom stereocenters. The fourth-order valence-electron chi connectivity index (χ4n) is 2.82. The van der Waals surface area contributed by atoms with Gasteiger partial charge >= 0.3 is 0 Å². The van der Waals surface area contributed by atoms with Gasteiger partial charge in [-0.25, -0.2) is 0 Å². The molecule has 2 aromatic carbocycles. The van der Waals surface area contributed by atoms with Gasteiger partial charge in [0.1, 0.15) is 5.75 Å². The van der Waals surface area contributed by atoms with Crippen molar-refractivity contribution < 1.29 is 14.3 Å². The van der Waals surface area contributed by atoms with E-state index >= 15 is 0 Å². The molecule has 0 saturated carbocycles. The lowest BCUT2D eigenvalue weighted by molar-refractivity contribution is -0.121. The van der Waals surface area contributed by atoms with Gasteiger partial charge in [0.25, 0.3) is 11.8 Å². The fourth-order valence-corrected chi connectivity index (χ4v) is 2.82. The van der Waals surface area contributed by atoms with Gasteiger partial charge in [0.05, 0.1) is 12.2 Å². The van der Waals surface area contributed by atoms with E-state index in [1.54, 1.807) is 11.0 Å². The summed E-state index contributed by atoms with van der Waals surface area (Å²) in [5.74, 6) is 0.543. The van der Waals surface area contributed by atoms with E-state index in [-0.39, 0.29) is 18.4 Å². The number of rotatable bonds is 5. The lowest BCUT2D eigenvalue weighted by Crippen LogP contribution is -2.38. The molecule has 0 fully saturated rings.